The minimum atomic E-state index is 0.0281. The third-order valence-electron chi connectivity index (χ3n) is 4.60. The second kappa shape index (κ2) is 6.38. The van der Waals surface area contributed by atoms with Gasteiger partial charge in [-0.15, -0.1) is 0 Å². The molecule has 1 amide bonds. The summed E-state index contributed by atoms with van der Waals surface area (Å²) < 4.78 is 7.69. The van der Waals surface area contributed by atoms with Gasteiger partial charge in [0.1, 0.15) is 0 Å². The van der Waals surface area contributed by atoms with Crippen LogP contribution in [0.15, 0.2) is 12.4 Å². The molecule has 22 heavy (non-hydrogen) atoms. The number of nitrogens with one attached hydrogen (secondary N) is 1. The van der Waals surface area contributed by atoms with Gasteiger partial charge in [-0.1, -0.05) is 0 Å². The first-order valence-corrected chi connectivity index (χ1v) is 8.15. The van der Waals surface area contributed by atoms with Gasteiger partial charge in [-0.3, -0.25) is 14.4 Å². The van der Waals surface area contributed by atoms with Gasteiger partial charge < -0.3 is 10.1 Å². The van der Waals surface area contributed by atoms with Gasteiger partial charge in [0.15, 0.2) is 0 Å². The highest BCUT2D eigenvalue weighted by molar-refractivity contribution is 5.79. The Bertz CT molecular complexity index is 528. The molecule has 2 saturated heterocycles. The summed E-state index contributed by atoms with van der Waals surface area (Å²) in [6, 6.07) is 0.182. The van der Waals surface area contributed by atoms with Crippen LogP contribution in [0.3, 0.4) is 0 Å². The van der Waals surface area contributed by atoms with Crippen LogP contribution >= 0.6 is 0 Å². The molecular weight excluding hydrogens is 280 g/mol. The molecule has 0 aliphatic carbocycles. The summed E-state index contributed by atoms with van der Waals surface area (Å²) in [5.41, 5.74) is 1.18. The van der Waals surface area contributed by atoms with Crippen LogP contribution in [0.4, 0.5) is 0 Å². The zero-order valence-electron chi connectivity index (χ0n) is 13.7. The molecule has 3 atom stereocenters. The average molecular weight is 306 g/mol. The number of carbonyl (C=O) groups excluding carboxylic acids is 1. The fourth-order valence-electron chi connectivity index (χ4n) is 3.67. The summed E-state index contributed by atoms with van der Waals surface area (Å²) in [6.45, 7) is 7.34. The minimum absolute atomic E-state index is 0.0281. The van der Waals surface area contributed by atoms with Crippen molar-refractivity contribution in [3.05, 3.63) is 18.0 Å². The molecule has 1 aromatic rings. The molecule has 2 aliphatic heterocycles. The number of rotatable bonds is 4. The second-order valence-corrected chi connectivity index (χ2v) is 6.85. The molecule has 3 rings (SSSR count). The molecular formula is C16H26N4O2. The molecule has 2 fully saturated rings. The highest BCUT2D eigenvalue weighted by atomic mass is 16.5. The van der Waals surface area contributed by atoms with E-state index in [1.54, 1.807) is 0 Å². The van der Waals surface area contributed by atoms with E-state index in [2.05, 4.69) is 15.3 Å². The maximum Gasteiger partial charge on any atom is 0.224 e. The van der Waals surface area contributed by atoms with Crippen LogP contribution in [0.2, 0.25) is 0 Å². The second-order valence-electron chi connectivity index (χ2n) is 6.85. The van der Waals surface area contributed by atoms with Crippen molar-refractivity contribution in [1.29, 1.82) is 0 Å². The molecule has 0 radical (unpaired) electrons. The summed E-state index contributed by atoms with van der Waals surface area (Å²) in [4.78, 5) is 14.9. The van der Waals surface area contributed by atoms with Gasteiger partial charge in [0.05, 0.1) is 18.2 Å². The molecule has 3 heterocycles. The number of likely N-dealkylation sites (tertiary alicyclic amines) is 1. The van der Waals surface area contributed by atoms with E-state index in [0.29, 0.717) is 5.92 Å². The smallest absolute Gasteiger partial charge is 0.224 e. The number of hydrogen-bond acceptors (Lipinski definition) is 4. The fraction of sp³-hybridized carbons (Fsp3) is 0.750. The third kappa shape index (κ3) is 3.33. The summed E-state index contributed by atoms with van der Waals surface area (Å²) in [5, 5.41) is 7.30. The first-order chi connectivity index (χ1) is 10.5. The molecule has 6 nitrogen and oxygen atoms in total. The molecule has 122 valence electrons. The van der Waals surface area contributed by atoms with Crippen LogP contribution in [-0.2, 0) is 23.1 Å². The maximum atomic E-state index is 12.5. The SMILES string of the molecule is CC(C)NC(=O)[C@@H]1CN(Cc2cnn(C)c2)C[C@@H]2OCC[C@@H]21. The van der Waals surface area contributed by atoms with Gasteiger partial charge in [-0.2, -0.15) is 5.10 Å². The Hall–Kier alpha value is -1.40. The normalized spacial score (nSPS) is 28.8. The zero-order chi connectivity index (χ0) is 15.7. The average Bonchev–Trinajstić information content (AvgIpc) is 3.06. The van der Waals surface area contributed by atoms with Crippen LogP contribution in [0.1, 0.15) is 25.8 Å². The van der Waals surface area contributed by atoms with Gasteiger partial charge in [0, 0.05) is 57.0 Å². The van der Waals surface area contributed by atoms with Crippen molar-refractivity contribution < 1.29 is 9.53 Å². The Morgan fingerprint density at radius 2 is 2.32 bits per heavy atom. The number of carbonyl (C=O) groups is 1. The lowest BCUT2D eigenvalue weighted by molar-refractivity contribution is -0.131. The molecule has 0 saturated carbocycles. The van der Waals surface area contributed by atoms with E-state index in [-0.39, 0.29) is 24.0 Å². The van der Waals surface area contributed by atoms with Crippen molar-refractivity contribution in [3.63, 3.8) is 0 Å². The first kappa shape index (κ1) is 15.5. The quantitative estimate of drug-likeness (QED) is 0.893. The first-order valence-electron chi connectivity index (χ1n) is 8.15. The standard InChI is InChI=1S/C16H26N4O2/c1-11(2)18-16(21)14-9-20(8-12-6-17-19(3)7-12)10-15-13(14)4-5-22-15/h6-7,11,13-15H,4-5,8-10H2,1-3H3,(H,18,21)/t13-,14-,15+/m1/s1. The summed E-state index contributed by atoms with van der Waals surface area (Å²) in [6.07, 6.45) is 5.12. The zero-order valence-corrected chi connectivity index (χ0v) is 13.7. The fourth-order valence-corrected chi connectivity index (χ4v) is 3.67. The topological polar surface area (TPSA) is 59.4 Å². The number of piperidine rings is 1. The molecule has 1 N–H and O–H groups in total. The predicted octanol–water partition coefficient (Wildman–Crippen LogP) is 0.782. The van der Waals surface area contributed by atoms with Crippen molar-refractivity contribution in [2.45, 2.75) is 39.0 Å². The molecule has 2 aliphatic rings. The molecule has 0 bridgehead atoms. The lowest BCUT2D eigenvalue weighted by Crippen LogP contribution is -2.53. The number of nitrogens with zero attached hydrogens (tertiary/aromatic N) is 3. The predicted molar refractivity (Wildman–Crippen MR) is 83.1 cm³/mol. The molecule has 6 heteroatoms. The molecule has 0 unspecified atom stereocenters. The van der Waals surface area contributed by atoms with Crippen molar-refractivity contribution in [3.8, 4) is 0 Å². The van der Waals surface area contributed by atoms with Crippen molar-refractivity contribution in [2.75, 3.05) is 19.7 Å². The Kier molecular flexibility index (Phi) is 4.49. The highest BCUT2D eigenvalue weighted by Gasteiger charge is 2.43. The number of ether oxygens (including phenoxy) is 1. The van der Waals surface area contributed by atoms with Crippen molar-refractivity contribution >= 4 is 5.91 Å². The number of aromatic nitrogens is 2. The maximum absolute atomic E-state index is 12.5. The van der Waals surface area contributed by atoms with Gasteiger partial charge >= 0.3 is 0 Å². The Labute approximate surface area is 131 Å². The lowest BCUT2D eigenvalue weighted by Gasteiger charge is -2.39. The Balaban J connectivity index is 1.70. The van der Waals surface area contributed by atoms with Crippen molar-refractivity contribution in [2.24, 2.45) is 18.9 Å². The van der Waals surface area contributed by atoms with E-state index in [9.17, 15) is 4.79 Å². The third-order valence-corrected chi connectivity index (χ3v) is 4.60. The molecule has 0 aromatic carbocycles. The van der Waals surface area contributed by atoms with Crippen LogP contribution < -0.4 is 5.32 Å². The van der Waals surface area contributed by atoms with E-state index in [1.807, 2.05) is 38.0 Å². The number of aryl methyl sites for hydroxylation is 1. The largest absolute Gasteiger partial charge is 0.377 e. The monoisotopic (exact) mass is 306 g/mol. The summed E-state index contributed by atoms with van der Waals surface area (Å²) in [5.74, 6) is 0.565. The van der Waals surface area contributed by atoms with Gasteiger partial charge in [0.25, 0.3) is 0 Å². The van der Waals surface area contributed by atoms with E-state index >= 15 is 0 Å². The number of hydrogen-bond donors (Lipinski definition) is 1. The highest BCUT2D eigenvalue weighted by Crippen LogP contribution is 2.34. The van der Waals surface area contributed by atoms with Crippen LogP contribution in [0, 0.1) is 11.8 Å². The van der Waals surface area contributed by atoms with Crippen molar-refractivity contribution in [1.82, 2.24) is 20.0 Å². The number of amides is 1. The van der Waals surface area contributed by atoms with E-state index < -0.39 is 0 Å². The van der Waals surface area contributed by atoms with Gasteiger partial charge in [-0.05, 0) is 20.3 Å². The van der Waals surface area contributed by atoms with E-state index in [0.717, 1.165) is 32.7 Å². The van der Waals surface area contributed by atoms with Crippen LogP contribution in [-0.4, -0.2) is 52.4 Å². The van der Waals surface area contributed by atoms with Crippen LogP contribution in [0.25, 0.3) is 0 Å². The minimum Gasteiger partial charge on any atom is -0.377 e. The molecule has 0 spiro atoms. The van der Waals surface area contributed by atoms with E-state index in [1.165, 1.54) is 5.56 Å². The summed E-state index contributed by atoms with van der Waals surface area (Å²) in [7, 11) is 1.93. The van der Waals surface area contributed by atoms with Gasteiger partial charge in [0.2, 0.25) is 5.91 Å². The van der Waals surface area contributed by atoms with Crippen LogP contribution in [0.5, 0.6) is 0 Å². The van der Waals surface area contributed by atoms with Gasteiger partial charge in [-0.25, -0.2) is 0 Å². The van der Waals surface area contributed by atoms with E-state index in [4.69, 9.17) is 4.74 Å². The summed E-state index contributed by atoms with van der Waals surface area (Å²) >= 11 is 0. The molecule has 1 aromatic heterocycles. The number of fused-ring (bicyclic) bond motifs is 1. The Morgan fingerprint density at radius 3 is 3.00 bits per heavy atom. The Morgan fingerprint density at radius 1 is 1.50 bits per heavy atom. The lowest BCUT2D eigenvalue weighted by atomic mass is 9.82.